The Morgan fingerprint density at radius 3 is 2.11 bits per heavy atom. The van der Waals surface area contributed by atoms with Gasteiger partial charge >= 0.3 is 0 Å². The normalized spacial score (nSPS) is 45.7. The van der Waals surface area contributed by atoms with E-state index < -0.39 is 0 Å². The van der Waals surface area contributed by atoms with Gasteiger partial charge < -0.3 is 16.2 Å². The maximum Gasteiger partial charge on any atom is 0.0431 e. The molecule has 0 aromatic rings. The zero-order valence-electron chi connectivity index (χ0n) is 11.4. The van der Waals surface area contributed by atoms with Crippen LogP contribution in [0.5, 0.6) is 0 Å². The summed E-state index contributed by atoms with van der Waals surface area (Å²) in [6.07, 6.45) is 9.14. The zero-order valence-corrected chi connectivity index (χ0v) is 11.4. The van der Waals surface area contributed by atoms with E-state index in [1.54, 1.807) is 0 Å². The molecule has 4 aliphatic carbocycles. The predicted octanol–water partition coefficient (Wildman–Crippen LogP) is 1.50. The van der Waals surface area contributed by atoms with Crippen molar-refractivity contribution in [3.8, 4) is 0 Å². The molecule has 4 rings (SSSR count). The molecule has 3 nitrogen and oxygen atoms in total. The SMILES string of the molecule is NCC1(NCCCCO)C2CC3CC(C2)CC1C3. The number of unbranched alkanes of at least 4 members (excludes halogenated alkanes) is 1. The minimum atomic E-state index is 0.239. The van der Waals surface area contributed by atoms with Crippen LogP contribution in [-0.4, -0.2) is 30.3 Å². The fourth-order valence-corrected chi connectivity index (χ4v) is 5.28. The van der Waals surface area contributed by atoms with E-state index in [1.165, 1.54) is 32.1 Å². The van der Waals surface area contributed by atoms with E-state index in [0.717, 1.165) is 49.6 Å². The van der Waals surface area contributed by atoms with Gasteiger partial charge in [0, 0.05) is 18.7 Å². The van der Waals surface area contributed by atoms with Gasteiger partial charge in [0.15, 0.2) is 0 Å². The highest BCUT2D eigenvalue weighted by molar-refractivity contribution is 5.11. The zero-order chi connectivity index (χ0) is 12.6. The summed E-state index contributed by atoms with van der Waals surface area (Å²) < 4.78 is 0. The summed E-state index contributed by atoms with van der Waals surface area (Å²) >= 11 is 0. The Hall–Kier alpha value is -0.120. The molecule has 0 atom stereocenters. The van der Waals surface area contributed by atoms with Crippen LogP contribution in [0, 0.1) is 23.7 Å². The van der Waals surface area contributed by atoms with Gasteiger partial charge in [-0.25, -0.2) is 0 Å². The number of aliphatic hydroxyl groups is 1. The molecule has 0 aromatic heterocycles. The molecule has 0 aliphatic heterocycles. The molecule has 0 spiro atoms. The van der Waals surface area contributed by atoms with Crippen LogP contribution < -0.4 is 11.1 Å². The third-order valence-electron chi connectivity index (χ3n) is 5.97. The van der Waals surface area contributed by atoms with Crippen LogP contribution in [0.15, 0.2) is 0 Å². The van der Waals surface area contributed by atoms with Crippen molar-refractivity contribution in [3.05, 3.63) is 0 Å². The fraction of sp³-hybridized carbons (Fsp3) is 1.00. The quantitative estimate of drug-likeness (QED) is 0.628. The summed E-state index contributed by atoms with van der Waals surface area (Å²) in [6.45, 7) is 2.15. The molecule has 4 aliphatic rings. The average Bonchev–Trinajstić information content (AvgIpc) is 2.37. The van der Waals surface area contributed by atoms with Gasteiger partial charge in [-0.05, 0) is 75.2 Å². The first-order chi connectivity index (χ1) is 8.78. The third-order valence-corrected chi connectivity index (χ3v) is 5.97. The summed E-state index contributed by atoms with van der Waals surface area (Å²) in [5, 5.41) is 12.7. The van der Waals surface area contributed by atoms with Crippen LogP contribution >= 0.6 is 0 Å². The van der Waals surface area contributed by atoms with Crippen molar-refractivity contribution >= 4 is 0 Å². The molecule has 4 fully saturated rings. The molecule has 0 heterocycles. The number of nitrogens with two attached hydrogens (primary N) is 1. The van der Waals surface area contributed by atoms with Crippen LogP contribution in [0.3, 0.4) is 0 Å². The molecule has 0 unspecified atom stereocenters. The lowest BCUT2D eigenvalue weighted by Crippen LogP contribution is -2.68. The Labute approximate surface area is 111 Å². The van der Waals surface area contributed by atoms with Crippen molar-refractivity contribution in [2.24, 2.45) is 29.4 Å². The van der Waals surface area contributed by atoms with E-state index in [4.69, 9.17) is 10.8 Å². The minimum Gasteiger partial charge on any atom is -0.396 e. The highest BCUT2D eigenvalue weighted by atomic mass is 16.2. The van der Waals surface area contributed by atoms with Gasteiger partial charge in [0.2, 0.25) is 0 Å². The van der Waals surface area contributed by atoms with E-state index in [9.17, 15) is 0 Å². The monoisotopic (exact) mass is 252 g/mol. The van der Waals surface area contributed by atoms with E-state index >= 15 is 0 Å². The lowest BCUT2D eigenvalue weighted by atomic mass is 9.48. The van der Waals surface area contributed by atoms with Gasteiger partial charge in [0.05, 0.1) is 0 Å². The summed E-state index contributed by atoms with van der Waals surface area (Å²) in [5.74, 6) is 3.67. The number of aliphatic hydroxyl groups excluding tert-OH is 1. The second-order valence-corrected chi connectivity index (χ2v) is 6.91. The summed E-state index contributed by atoms with van der Waals surface area (Å²) in [5.41, 5.74) is 6.43. The first kappa shape index (κ1) is 12.9. The van der Waals surface area contributed by atoms with Gasteiger partial charge in [-0.2, -0.15) is 0 Å². The molecule has 3 heteroatoms. The third kappa shape index (κ3) is 2.00. The standard InChI is InChI=1S/C15H28N2O/c16-10-15(17-3-1-2-4-18)13-6-11-5-12(8-13)9-14(15)7-11/h11-14,17-18H,1-10,16H2. The number of rotatable bonds is 6. The molecule has 0 aromatic carbocycles. The molecule has 18 heavy (non-hydrogen) atoms. The predicted molar refractivity (Wildman–Crippen MR) is 73.2 cm³/mol. The Bertz CT molecular complexity index is 264. The van der Waals surface area contributed by atoms with Crippen LogP contribution in [0.2, 0.25) is 0 Å². The first-order valence-corrected chi connectivity index (χ1v) is 7.84. The highest BCUT2D eigenvalue weighted by Gasteiger charge is 2.56. The van der Waals surface area contributed by atoms with Crippen LogP contribution in [0.4, 0.5) is 0 Å². The second kappa shape index (κ2) is 5.10. The maximum absolute atomic E-state index is 8.87. The van der Waals surface area contributed by atoms with Gasteiger partial charge in [-0.15, -0.1) is 0 Å². The van der Waals surface area contributed by atoms with Gasteiger partial charge in [-0.1, -0.05) is 0 Å². The maximum atomic E-state index is 8.87. The molecule has 0 radical (unpaired) electrons. The smallest absolute Gasteiger partial charge is 0.0431 e. The molecular weight excluding hydrogens is 224 g/mol. The summed E-state index contributed by atoms with van der Waals surface area (Å²) in [7, 11) is 0. The van der Waals surface area contributed by atoms with Gasteiger partial charge in [0.25, 0.3) is 0 Å². The summed E-state index contributed by atoms with van der Waals surface area (Å²) in [6, 6.07) is 0. The average molecular weight is 252 g/mol. The van der Waals surface area contributed by atoms with Crippen molar-refractivity contribution in [2.45, 2.75) is 50.5 Å². The molecule has 0 amide bonds. The Kier molecular flexibility index (Phi) is 3.65. The molecule has 4 bridgehead atoms. The topological polar surface area (TPSA) is 58.3 Å². The van der Waals surface area contributed by atoms with Gasteiger partial charge in [0.1, 0.15) is 0 Å². The van der Waals surface area contributed by atoms with Crippen molar-refractivity contribution in [3.63, 3.8) is 0 Å². The number of hydrogen-bond donors (Lipinski definition) is 3. The first-order valence-electron chi connectivity index (χ1n) is 7.84. The molecule has 0 saturated heterocycles. The lowest BCUT2D eigenvalue weighted by molar-refractivity contribution is -0.0691. The van der Waals surface area contributed by atoms with Crippen molar-refractivity contribution in [2.75, 3.05) is 19.7 Å². The van der Waals surface area contributed by atoms with E-state index in [1.807, 2.05) is 0 Å². The van der Waals surface area contributed by atoms with Crippen molar-refractivity contribution < 1.29 is 5.11 Å². The Balaban J connectivity index is 1.67. The van der Waals surface area contributed by atoms with Crippen molar-refractivity contribution in [1.82, 2.24) is 5.32 Å². The second-order valence-electron chi connectivity index (χ2n) is 6.91. The molecular formula is C15H28N2O. The Morgan fingerprint density at radius 1 is 1.00 bits per heavy atom. The fourth-order valence-electron chi connectivity index (χ4n) is 5.28. The minimum absolute atomic E-state index is 0.239. The number of nitrogens with one attached hydrogen (secondary N) is 1. The highest BCUT2D eigenvalue weighted by Crippen LogP contribution is 2.57. The van der Waals surface area contributed by atoms with Crippen molar-refractivity contribution in [1.29, 1.82) is 0 Å². The largest absolute Gasteiger partial charge is 0.396 e. The van der Waals surface area contributed by atoms with Crippen LogP contribution in [0.1, 0.15) is 44.9 Å². The van der Waals surface area contributed by atoms with Crippen LogP contribution in [-0.2, 0) is 0 Å². The number of hydrogen-bond acceptors (Lipinski definition) is 3. The molecule has 4 N–H and O–H groups in total. The van der Waals surface area contributed by atoms with E-state index in [0.29, 0.717) is 6.61 Å². The van der Waals surface area contributed by atoms with E-state index in [2.05, 4.69) is 5.32 Å². The van der Waals surface area contributed by atoms with Gasteiger partial charge in [-0.3, -0.25) is 0 Å². The van der Waals surface area contributed by atoms with E-state index in [-0.39, 0.29) is 5.54 Å². The molecule has 104 valence electrons. The molecule has 4 saturated carbocycles. The Morgan fingerprint density at radius 2 is 1.61 bits per heavy atom. The lowest BCUT2D eigenvalue weighted by Gasteiger charge is -2.61. The summed E-state index contributed by atoms with van der Waals surface area (Å²) in [4.78, 5) is 0. The van der Waals surface area contributed by atoms with Crippen LogP contribution in [0.25, 0.3) is 0 Å².